The molecule has 4 rings (SSSR count). The first-order valence-corrected chi connectivity index (χ1v) is 10.8. The van der Waals surface area contributed by atoms with Gasteiger partial charge in [-0.05, 0) is 61.0 Å². The molecule has 0 saturated heterocycles. The zero-order valence-corrected chi connectivity index (χ0v) is 18.4. The second-order valence-electron chi connectivity index (χ2n) is 7.63. The van der Waals surface area contributed by atoms with Gasteiger partial charge in [-0.1, -0.05) is 17.7 Å². The number of carbonyl (C=O) groups excluding carboxylic acids is 1. The third-order valence-electron chi connectivity index (χ3n) is 5.33. The van der Waals surface area contributed by atoms with E-state index in [2.05, 4.69) is 17.4 Å². The number of aromatic nitrogens is 2. The minimum atomic E-state index is -0.497. The third-order valence-corrected chi connectivity index (χ3v) is 6.23. The van der Waals surface area contributed by atoms with E-state index < -0.39 is 17.2 Å². The van der Waals surface area contributed by atoms with Crippen LogP contribution in [0.3, 0.4) is 0 Å². The molecular formula is C23H23N3O4S. The molecule has 1 aromatic carbocycles. The summed E-state index contributed by atoms with van der Waals surface area (Å²) >= 11 is 1.27. The average Bonchev–Trinajstić information content (AvgIpc) is 3.40. The van der Waals surface area contributed by atoms with Crippen molar-refractivity contribution in [3.05, 3.63) is 90.8 Å². The summed E-state index contributed by atoms with van der Waals surface area (Å²) in [5.41, 5.74) is 4.01. The quantitative estimate of drug-likeness (QED) is 0.502. The third kappa shape index (κ3) is 4.11. The molecule has 0 atom stereocenters. The number of hydrogen-bond acceptors (Lipinski definition) is 5. The summed E-state index contributed by atoms with van der Waals surface area (Å²) in [5, 5.41) is 4.48. The zero-order valence-electron chi connectivity index (χ0n) is 17.6. The molecule has 0 fully saturated rings. The van der Waals surface area contributed by atoms with Gasteiger partial charge in [0.05, 0.1) is 24.9 Å². The Hall–Kier alpha value is -3.39. The SMILES string of the molecule is Cc1cc(C)c(Cn2c(=O)n(CC(=O)NCc3ccco3)c(=O)c3sccc32)c(C)c1. The molecule has 31 heavy (non-hydrogen) atoms. The predicted molar refractivity (Wildman–Crippen MR) is 121 cm³/mol. The van der Waals surface area contributed by atoms with E-state index in [0.717, 1.165) is 26.8 Å². The van der Waals surface area contributed by atoms with Crippen molar-refractivity contribution in [3.63, 3.8) is 0 Å². The minimum absolute atomic E-state index is 0.192. The van der Waals surface area contributed by atoms with Gasteiger partial charge >= 0.3 is 5.69 Å². The van der Waals surface area contributed by atoms with Crippen LogP contribution in [0.5, 0.6) is 0 Å². The lowest BCUT2D eigenvalue weighted by Gasteiger charge is -2.16. The van der Waals surface area contributed by atoms with Crippen LogP contribution in [-0.4, -0.2) is 15.0 Å². The van der Waals surface area contributed by atoms with Crippen molar-refractivity contribution >= 4 is 27.5 Å². The van der Waals surface area contributed by atoms with Gasteiger partial charge in [0.2, 0.25) is 5.91 Å². The maximum absolute atomic E-state index is 13.3. The smallest absolute Gasteiger partial charge is 0.332 e. The number of benzene rings is 1. The maximum Gasteiger partial charge on any atom is 0.332 e. The lowest BCUT2D eigenvalue weighted by molar-refractivity contribution is -0.122. The normalized spacial score (nSPS) is 11.2. The second-order valence-corrected chi connectivity index (χ2v) is 8.54. The first kappa shape index (κ1) is 20.9. The number of nitrogens with zero attached hydrogens (tertiary/aromatic N) is 2. The van der Waals surface area contributed by atoms with Crippen molar-refractivity contribution in [1.29, 1.82) is 0 Å². The number of furan rings is 1. The summed E-state index contributed by atoms with van der Waals surface area (Å²) in [7, 11) is 0. The number of amides is 1. The summed E-state index contributed by atoms with van der Waals surface area (Å²) in [6.07, 6.45) is 1.52. The Bertz CT molecular complexity index is 1350. The summed E-state index contributed by atoms with van der Waals surface area (Å²) in [4.78, 5) is 38.7. The van der Waals surface area contributed by atoms with Gasteiger partial charge in [-0.3, -0.25) is 14.2 Å². The van der Waals surface area contributed by atoms with E-state index in [9.17, 15) is 14.4 Å². The highest BCUT2D eigenvalue weighted by Crippen LogP contribution is 2.20. The van der Waals surface area contributed by atoms with Gasteiger partial charge in [-0.15, -0.1) is 11.3 Å². The zero-order chi connectivity index (χ0) is 22.1. The molecule has 0 aliphatic heterocycles. The predicted octanol–water partition coefficient (Wildman–Crippen LogP) is 3.11. The number of thiophene rings is 1. The van der Waals surface area contributed by atoms with E-state index in [1.807, 2.05) is 20.8 Å². The highest BCUT2D eigenvalue weighted by molar-refractivity contribution is 7.17. The van der Waals surface area contributed by atoms with Crippen molar-refractivity contribution in [2.45, 2.75) is 40.4 Å². The van der Waals surface area contributed by atoms with Crippen LogP contribution in [0, 0.1) is 20.8 Å². The lowest BCUT2D eigenvalue weighted by atomic mass is 10.00. The Labute approximate surface area is 182 Å². The summed E-state index contributed by atoms with van der Waals surface area (Å²) < 4.78 is 8.25. The fraction of sp³-hybridized carbons (Fsp3) is 0.261. The van der Waals surface area contributed by atoms with Gasteiger partial charge in [-0.2, -0.15) is 0 Å². The Kier molecular flexibility index (Phi) is 5.65. The summed E-state index contributed by atoms with van der Waals surface area (Å²) in [5.74, 6) is 0.165. The van der Waals surface area contributed by atoms with E-state index in [1.165, 1.54) is 17.6 Å². The van der Waals surface area contributed by atoms with Crippen molar-refractivity contribution in [2.24, 2.45) is 0 Å². The van der Waals surface area contributed by atoms with E-state index >= 15 is 0 Å². The Morgan fingerprint density at radius 2 is 1.84 bits per heavy atom. The van der Waals surface area contributed by atoms with E-state index in [0.29, 0.717) is 22.5 Å². The van der Waals surface area contributed by atoms with Crippen LogP contribution >= 0.6 is 11.3 Å². The summed E-state index contributed by atoms with van der Waals surface area (Å²) in [6, 6.07) is 9.41. The molecule has 0 bridgehead atoms. The van der Waals surface area contributed by atoms with Crippen molar-refractivity contribution < 1.29 is 9.21 Å². The molecule has 0 saturated carbocycles. The van der Waals surface area contributed by atoms with Crippen molar-refractivity contribution in [3.8, 4) is 0 Å². The molecule has 0 radical (unpaired) electrons. The maximum atomic E-state index is 13.3. The van der Waals surface area contributed by atoms with E-state index in [4.69, 9.17) is 4.42 Å². The molecular weight excluding hydrogens is 414 g/mol. The fourth-order valence-corrected chi connectivity index (χ4v) is 4.68. The van der Waals surface area contributed by atoms with Crippen LogP contribution in [0.25, 0.3) is 10.2 Å². The number of carbonyl (C=O) groups is 1. The van der Waals surface area contributed by atoms with Gasteiger partial charge < -0.3 is 9.73 Å². The standard InChI is InChI=1S/C23H23N3O4S/c1-14-9-15(2)18(16(3)10-14)12-25-19-6-8-31-21(19)22(28)26(23(25)29)13-20(27)24-11-17-5-4-7-30-17/h4-10H,11-13H2,1-3H3,(H,24,27). The topological polar surface area (TPSA) is 86.2 Å². The molecule has 8 heteroatoms. The molecule has 0 aliphatic rings. The van der Waals surface area contributed by atoms with Crippen molar-refractivity contribution in [2.75, 3.05) is 0 Å². The van der Waals surface area contributed by atoms with Crippen LogP contribution in [-0.2, 0) is 24.4 Å². The largest absolute Gasteiger partial charge is 0.467 e. The minimum Gasteiger partial charge on any atom is -0.467 e. The molecule has 1 amide bonds. The number of fused-ring (bicyclic) bond motifs is 1. The van der Waals surface area contributed by atoms with Crippen LogP contribution < -0.4 is 16.6 Å². The number of hydrogen-bond donors (Lipinski definition) is 1. The van der Waals surface area contributed by atoms with Gasteiger partial charge in [0.25, 0.3) is 5.56 Å². The fourth-order valence-electron chi connectivity index (χ4n) is 3.84. The first-order chi connectivity index (χ1) is 14.8. The van der Waals surface area contributed by atoms with Gasteiger partial charge in [0.15, 0.2) is 0 Å². The van der Waals surface area contributed by atoms with E-state index in [-0.39, 0.29) is 13.1 Å². The van der Waals surface area contributed by atoms with Crippen LogP contribution in [0.1, 0.15) is 28.0 Å². The molecule has 0 unspecified atom stereocenters. The Balaban J connectivity index is 1.72. The molecule has 7 nitrogen and oxygen atoms in total. The van der Waals surface area contributed by atoms with Crippen LogP contribution in [0.2, 0.25) is 0 Å². The van der Waals surface area contributed by atoms with Crippen LogP contribution in [0.4, 0.5) is 0 Å². The molecule has 0 spiro atoms. The molecule has 1 N–H and O–H groups in total. The number of nitrogens with one attached hydrogen (secondary N) is 1. The number of aryl methyl sites for hydroxylation is 3. The van der Waals surface area contributed by atoms with Crippen molar-refractivity contribution in [1.82, 2.24) is 14.5 Å². The van der Waals surface area contributed by atoms with Gasteiger partial charge in [0.1, 0.15) is 17.0 Å². The number of rotatable bonds is 6. The average molecular weight is 438 g/mol. The molecule has 4 aromatic rings. The highest BCUT2D eigenvalue weighted by atomic mass is 32.1. The van der Waals surface area contributed by atoms with Crippen LogP contribution in [0.15, 0.2) is 56.0 Å². The molecule has 160 valence electrons. The lowest BCUT2D eigenvalue weighted by Crippen LogP contribution is -2.43. The molecule has 3 aromatic heterocycles. The van der Waals surface area contributed by atoms with E-state index in [1.54, 1.807) is 28.1 Å². The van der Waals surface area contributed by atoms with Gasteiger partial charge in [-0.25, -0.2) is 9.36 Å². The Morgan fingerprint density at radius 3 is 2.52 bits per heavy atom. The monoisotopic (exact) mass is 437 g/mol. The van der Waals surface area contributed by atoms with Gasteiger partial charge in [0, 0.05) is 0 Å². The summed E-state index contributed by atoms with van der Waals surface area (Å²) in [6.45, 7) is 6.25. The first-order valence-electron chi connectivity index (χ1n) is 9.92. The molecule has 0 aliphatic carbocycles. The Morgan fingerprint density at radius 1 is 1.10 bits per heavy atom. The second kappa shape index (κ2) is 8.39. The highest BCUT2D eigenvalue weighted by Gasteiger charge is 2.18. The molecule has 3 heterocycles.